The Kier molecular flexibility index (Phi) is 32.6. The van der Waals surface area contributed by atoms with E-state index in [0.29, 0.717) is 6.61 Å². The van der Waals surface area contributed by atoms with E-state index in [2.05, 4.69) is 63.0 Å². The first kappa shape index (κ1) is 45.9. The molecule has 1 aliphatic carbocycles. The van der Waals surface area contributed by atoms with Crippen molar-refractivity contribution in [2.75, 3.05) is 33.4 Å². The van der Waals surface area contributed by atoms with Crippen molar-refractivity contribution >= 4 is 5.97 Å². The fourth-order valence-electron chi connectivity index (χ4n) is 5.54. The number of aryl methyl sites for hydroxylation is 1. The molecule has 1 saturated carbocycles. The summed E-state index contributed by atoms with van der Waals surface area (Å²) in [6, 6.07) is 9.22. The fourth-order valence-corrected chi connectivity index (χ4v) is 5.54. The Bertz CT molecular complexity index is 887. The largest absolute Gasteiger partial charge is 0.493 e. The van der Waals surface area contributed by atoms with Crippen LogP contribution in [0.5, 0.6) is 5.75 Å². The van der Waals surface area contributed by atoms with Crippen molar-refractivity contribution in [3.8, 4) is 5.75 Å². The molecule has 0 radical (unpaired) electrons. The van der Waals surface area contributed by atoms with Crippen LogP contribution >= 0.6 is 0 Å². The van der Waals surface area contributed by atoms with Crippen LogP contribution < -0.4 is 10.1 Å². The quantitative estimate of drug-likeness (QED) is 0.0746. The number of hydrogen-bond donors (Lipinski definition) is 1. The summed E-state index contributed by atoms with van der Waals surface area (Å²) < 4.78 is 10.6. The van der Waals surface area contributed by atoms with Gasteiger partial charge in [-0.2, -0.15) is 0 Å². The minimum Gasteiger partial charge on any atom is -0.493 e. The smallest absolute Gasteiger partial charge is 0.333 e. The minimum atomic E-state index is -0.205. The molecule has 46 heavy (non-hydrogen) atoms. The third kappa shape index (κ3) is 23.1. The number of esters is 1. The van der Waals surface area contributed by atoms with Crippen LogP contribution in [-0.4, -0.2) is 50.3 Å². The molecule has 1 N–H and O–H groups in total. The minimum absolute atomic E-state index is 0.205. The number of unbranched alkanes of at least 4 members (excludes halogenated alkanes) is 2. The molecule has 0 atom stereocenters. The SMILES string of the molecule is CC.CCC/C(=C\C(C)=C/NC)C(=O)OCC.CCCCCN(CCC)C1CCC(C)CC1.CCCOc1ccccc1CCC. The highest BCUT2D eigenvalue weighted by Gasteiger charge is 2.22. The van der Waals surface area contributed by atoms with Gasteiger partial charge in [-0.25, -0.2) is 4.79 Å². The van der Waals surface area contributed by atoms with Crippen molar-refractivity contribution in [2.45, 2.75) is 159 Å². The molecule has 268 valence electrons. The van der Waals surface area contributed by atoms with E-state index in [1.807, 2.05) is 60.0 Å². The number of carbonyl (C=O) groups is 1. The number of allylic oxidation sites excluding steroid dienone is 2. The lowest BCUT2D eigenvalue weighted by Gasteiger charge is -2.36. The van der Waals surface area contributed by atoms with Crippen molar-refractivity contribution < 1.29 is 14.3 Å². The zero-order valence-corrected chi connectivity index (χ0v) is 32.3. The standard InChI is InChI=1S/C15H31N.C12H21NO2.C12H18O.C2H6/c1-4-6-7-13-16(12-5-2)15-10-8-14(3)9-11-15;1-5-7-11(12(14)15-6-2)8-10(3)9-13-4;1-3-7-11-8-5-6-9-12(11)13-10-4-2;1-2/h14-15H,4-13H2,1-3H3;8-9,13H,5-7H2,1-4H3;5-6,8-9H,3-4,7,10H2,1-2H3;1-2H3/b;10-9-,11-8+;;. The van der Waals surface area contributed by atoms with Crippen LogP contribution in [0.15, 0.2) is 47.7 Å². The summed E-state index contributed by atoms with van der Waals surface area (Å²) in [6.45, 7) is 25.1. The second-order valence-corrected chi connectivity index (χ2v) is 12.2. The van der Waals surface area contributed by atoms with Crippen molar-refractivity contribution in [3.63, 3.8) is 0 Å². The lowest BCUT2D eigenvalue weighted by molar-refractivity contribution is -0.138. The fraction of sp³-hybridized carbons (Fsp3) is 0.732. The summed E-state index contributed by atoms with van der Waals surface area (Å²) in [4.78, 5) is 14.3. The number of ether oxygens (including phenoxy) is 2. The maximum atomic E-state index is 11.5. The molecule has 0 bridgehead atoms. The maximum Gasteiger partial charge on any atom is 0.333 e. The molecule has 0 aliphatic heterocycles. The predicted molar refractivity (Wildman–Crippen MR) is 203 cm³/mol. The first-order valence-corrected chi connectivity index (χ1v) is 19.0. The van der Waals surface area contributed by atoms with Gasteiger partial charge in [-0.05, 0) is 120 Å². The van der Waals surface area contributed by atoms with Gasteiger partial charge in [-0.1, -0.05) is 99.3 Å². The number of carbonyl (C=O) groups excluding carboxylic acids is 1. The van der Waals surface area contributed by atoms with Gasteiger partial charge in [0.05, 0.1) is 13.2 Å². The highest BCUT2D eigenvalue weighted by molar-refractivity contribution is 5.89. The predicted octanol–water partition coefficient (Wildman–Crippen LogP) is 11.3. The number of hydrogen-bond acceptors (Lipinski definition) is 5. The number of benzene rings is 1. The van der Waals surface area contributed by atoms with E-state index in [9.17, 15) is 4.79 Å². The van der Waals surface area contributed by atoms with Gasteiger partial charge in [0.25, 0.3) is 0 Å². The highest BCUT2D eigenvalue weighted by Crippen LogP contribution is 2.27. The van der Waals surface area contributed by atoms with Gasteiger partial charge in [0.2, 0.25) is 0 Å². The van der Waals surface area contributed by atoms with Crippen LogP contribution in [0, 0.1) is 5.92 Å². The molecule has 5 heteroatoms. The molecule has 0 unspecified atom stereocenters. The number of rotatable bonds is 18. The van der Waals surface area contributed by atoms with Crippen molar-refractivity contribution in [1.29, 1.82) is 0 Å². The van der Waals surface area contributed by atoms with E-state index < -0.39 is 0 Å². The van der Waals surface area contributed by atoms with Gasteiger partial charge in [0.15, 0.2) is 0 Å². The van der Waals surface area contributed by atoms with Crippen LogP contribution in [0.1, 0.15) is 152 Å². The molecule has 1 aromatic carbocycles. The highest BCUT2D eigenvalue weighted by atomic mass is 16.5. The van der Waals surface area contributed by atoms with E-state index in [1.54, 1.807) is 0 Å². The molecular formula is C41H76N2O3. The first-order chi connectivity index (χ1) is 22.3. The molecule has 1 aromatic rings. The topological polar surface area (TPSA) is 50.8 Å². The van der Waals surface area contributed by atoms with Crippen molar-refractivity contribution in [3.05, 3.63) is 53.3 Å². The summed E-state index contributed by atoms with van der Waals surface area (Å²) in [7, 11) is 1.83. The van der Waals surface area contributed by atoms with E-state index in [0.717, 1.165) is 61.1 Å². The third-order valence-electron chi connectivity index (χ3n) is 7.85. The third-order valence-corrected chi connectivity index (χ3v) is 7.85. The molecule has 0 spiro atoms. The van der Waals surface area contributed by atoms with Crippen LogP contribution in [-0.2, 0) is 16.0 Å². The summed E-state index contributed by atoms with van der Waals surface area (Å²) in [5.74, 6) is 1.84. The zero-order valence-electron chi connectivity index (χ0n) is 32.3. The molecule has 1 fully saturated rings. The summed E-state index contributed by atoms with van der Waals surface area (Å²) >= 11 is 0. The Morgan fingerprint density at radius 1 is 0.891 bits per heavy atom. The monoisotopic (exact) mass is 645 g/mol. The van der Waals surface area contributed by atoms with E-state index in [4.69, 9.17) is 9.47 Å². The molecular weight excluding hydrogens is 568 g/mol. The first-order valence-electron chi connectivity index (χ1n) is 19.0. The molecule has 0 saturated heterocycles. The van der Waals surface area contributed by atoms with Gasteiger partial charge in [-0.15, -0.1) is 0 Å². The Labute approximate surface area is 287 Å². The second-order valence-electron chi connectivity index (χ2n) is 12.2. The number of para-hydroxylation sites is 1. The van der Waals surface area contributed by atoms with Crippen molar-refractivity contribution in [2.24, 2.45) is 5.92 Å². The summed E-state index contributed by atoms with van der Waals surface area (Å²) in [5, 5.41) is 2.93. The van der Waals surface area contributed by atoms with Gasteiger partial charge in [-0.3, -0.25) is 0 Å². The Morgan fingerprint density at radius 3 is 2.11 bits per heavy atom. The molecule has 1 aliphatic rings. The average Bonchev–Trinajstić information content (AvgIpc) is 3.06. The molecule has 5 nitrogen and oxygen atoms in total. The van der Waals surface area contributed by atoms with Crippen molar-refractivity contribution in [1.82, 2.24) is 10.2 Å². The molecule has 0 amide bonds. The second kappa shape index (κ2) is 32.7. The van der Waals surface area contributed by atoms with E-state index >= 15 is 0 Å². The molecule has 0 heterocycles. The van der Waals surface area contributed by atoms with E-state index in [1.165, 1.54) is 76.4 Å². The van der Waals surface area contributed by atoms with E-state index in [-0.39, 0.29) is 5.97 Å². The molecule has 2 rings (SSSR count). The maximum absolute atomic E-state index is 11.5. The average molecular weight is 645 g/mol. The Balaban J connectivity index is 0. The lowest BCUT2D eigenvalue weighted by atomic mass is 9.86. The Morgan fingerprint density at radius 2 is 1.57 bits per heavy atom. The molecule has 0 aromatic heterocycles. The van der Waals surface area contributed by atoms with Crippen LogP contribution in [0.3, 0.4) is 0 Å². The lowest BCUT2D eigenvalue weighted by Crippen LogP contribution is -2.39. The summed E-state index contributed by atoms with van der Waals surface area (Å²) in [6.07, 6.45) is 20.1. The number of nitrogens with one attached hydrogen (secondary N) is 1. The van der Waals surface area contributed by atoms with Gasteiger partial charge >= 0.3 is 5.97 Å². The summed E-state index contributed by atoms with van der Waals surface area (Å²) in [5.41, 5.74) is 3.09. The van der Waals surface area contributed by atoms with Crippen LogP contribution in [0.25, 0.3) is 0 Å². The van der Waals surface area contributed by atoms with Crippen LogP contribution in [0.2, 0.25) is 0 Å². The van der Waals surface area contributed by atoms with Crippen LogP contribution in [0.4, 0.5) is 0 Å². The van der Waals surface area contributed by atoms with Gasteiger partial charge in [0.1, 0.15) is 5.75 Å². The normalized spacial score (nSPS) is 16.2. The zero-order chi connectivity index (χ0) is 35.0. The number of nitrogens with zero attached hydrogens (tertiary/aromatic N) is 1. The van der Waals surface area contributed by atoms with Gasteiger partial charge in [0, 0.05) is 18.7 Å². The van der Waals surface area contributed by atoms with Gasteiger partial charge < -0.3 is 19.7 Å². The Hall–Kier alpha value is -2.27.